The number of hydrogen-bond donors (Lipinski definition) is 1. The molecule has 220 valence electrons. The van der Waals surface area contributed by atoms with Gasteiger partial charge in [0.15, 0.2) is 17.3 Å². The van der Waals surface area contributed by atoms with Crippen molar-refractivity contribution in [1.29, 1.82) is 0 Å². The summed E-state index contributed by atoms with van der Waals surface area (Å²) in [5.74, 6) is 1.75. The predicted octanol–water partition coefficient (Wildman–Crippen LogP) is 7.66. The van der Waals surface area contributed by atoms with Crippen molar-refractivity contribution < 1.29 is 23.4 Å². The summed E-state index contributed by atoms with van der Waals surface area (Å²) in [5, 5.41) is 4.43. The smallest absolute Gasteiger partial charge is 0.307 e. The first-order valence-electron chi connectivity index (χ1n) is 13.8. The van der Waals surface area contributed by atoms with Crippen LogP contribution in [-0.4, -0.2) is 23.3 Å². The van der Waals surface area contributed by atoms with Gasteiger partial charge in [0.25, 0.3) is 0 Å². The Labute approximate surface area is 255 Å². The van der Waals surface area contributed by atoms with Gasteiger partial charge in [0, 0.05) is 17.1 Å². The molecule has 0 aliphatic heterocycles. The Hall–Kier alpha value is -4.95. The van der Waals surface area contributed by atoms with E-state index in [2.05, 4.69) is 41.1 Å². The quantitative estimate of drug-likeness (QED) is 0.118. The Bertz CT molecular complexity index is 1690. The van der Waals surface area contributed by atoms with Crippen LogP contribution in [-0.2, 0) is 13.2 Å². The Morgan fingerprint density at radius 2 is 1.65 bits per heavy atom. The average molecular weight is 598 g/mol. The Kier molecular flexibility index (Phi) is 9.49. The van der Waals surface area contributed by atoms with Crippen LogP contribution >= 0.6 is 11.6 Å². The molecule has 1 amide bonds. The maximum Gasteiger partial charge on any atom is 0.307 e. The molecule has 0 spiro atoms. The van der Waals surface area contributed by atoms with Gasteiger partial charge in [-0.15, -0.1) is 0 Å². The number of carbonyl (C=O) groups is 1. The maximum absolute atomic E-state index is 12.6. The number of nitrogens with one attached hydrogen (secondary N) is 1. The third-order valence-corrected chi connectivity index (χ3v) is 6.85. The van der Waals surface area contributed by atoms with Gasteiger partial charge in [0.05, 0.1) is 17.8 Å². The molecular weight excluding hydrogens is 566 g/mol. The van der Waals surface area contributed by atoms with Crippen molar-refractivity contribution in [2.75, 3.05) is 6.61 Å². The first-order chi connectivity index (χ1) is 20.9. The van der Waals surface area contributed by atoms with E-state index >= 15 is 0 Å². The van der Waals surface area contributed by atoms with Crippen LogP contribution in [0.25, 0.3) is 5.69 Å². The third kappa shape index (κ3) is 7.47. The number of hydrazone groups is 1. The van der Waals surface area contributed by atoms with E-state index in [4.69, 9.17) is 30.2 Å². The zero-order chi connectivity index (χ0) is 30.2. The molecule has 8 nitrogen and oxygen atoms in total. The number of rotatable bonds is 12. The number of ether oxygens (including phenoxy) is 3. The second-order valence-electron chi connectivity index (χ2n) is 9.74. The molecule has 0 saturated carbocycles. The van der Waals surface area contributed by atoms with Gasteiger partial charge in [-0.2, -0.15) is 5.10 Å². The summed E-state index contributed by atoms with van der Waals surface area (Å²) in [5.41, 5.74) is 7.50. The summed E-state index contributed by atoms with van der Waals surface area (Å²) < 4.78 is 25.4. The number of carbonyl (C=O) groups excluding carboxylic acids is 1. The molecule has 2 heterocycles. The van der Waals surface area contributed by atoms with E-state index in [0.29, 0.717) is 46.8 Å². The fourth-order valence-electron chi connectivity index (χ4n) is 4.51. The van der Waals surface area contributed by atoms with E-state index < -0.39 is 5.91 Å². The number of furan rings is 1. The summed E-state index contributed by atoms with van der Waals surface area (Å²) in [4.78, 5) is 12.6. The molecule has 0 unspecified atom stereocenters. The molecule has 43 heavy (non-hydrogen) atoms. The van der Waals surface area contributed by atoms with E-state index in [1.165, 1.54) is 6.21 Å². The van der Waals surface area contributed by atoms with Crippen molar-refractivity contribution in [1.82, 2.24) is 9.99 Å². The van der Waals surface area contributed by atoms with Crippen LogP contribution in [0.15, 0.2) is 101 Å². The summed E-state index contributed by atoms with van der Waals surface area (Å²) >= 11 is 6.51. The lowest BCUT2D eigenvalue weighted by Gasteiger charge is -2.14. The van der Waals surface area contributed by atoms with Crippen LogP contribution in [0.5, 0.6) is 17.2 Å². The minimum absolute atomic E-state index is 0.113. The topological polar surface area (TPSA) is 87.2 Å². The molecule has 0 bridgehead atoms. The van der Waals surface area contributed by atoms with Crippen molar-refractivity contribution >= 4 is 23.7 Å². The number of aryl methyl sites for hydroxylation is 2. The van der Waals surface area contributed by atoms with Gasteiger partial charge in [0.1, 0.15) is 24.7 Å². The second-order valence-corrected chi connectivity index (χ2v) is 10.1. The van der Waals surface area contributed by atoms with E-state index in [9.17, 15) is 4.79 Å². The lowest BCUT2D eigenvalue weighted by molar-refractivity contribution is 0.0923. The van der Waals surface area contributed by atoms with E-state index in [0.717, 1.165) is 22.6 Å². The number of amides is 1. The summed E-state index contributed by atoms with van der Waals surface area (Å²) in [7, 11) is 0. The van der Waals surface area contributed by atoms with Crippen LogP contribution < -0.4 is 19.6 Å². The normalized spacial score (nSPS) is 11.1. The molecule has 1 N–H and O–H groups in total. The summed E-state index contributed by atoms with van der Waals surface area (Å²) in [6.07, 6.45) is 1.47. The van der Waals surface area contributed by atoms with Gasteiger partial charge >= 0.3 is 5.91 Å². The van der Waals surface area contributed by atoms with Gasteiger partial charge in [0.2, 0.25) is 0 Å². The van der Waals surface area contributed by atoms with E-state index in [1.807, 2.05) is 61.5 Å². The Morgan fingerprint density at radius 1 is 0.907 bits per heavy atom. The molecule has 0 atom stereocenters. The minimum Gasteiger partial charge on any atom is -0.490 e. The minimum atomic E-state index is -0.497. The van der Waals surface area contributed by atoms with Crippen molar-refractivity contribution in [3.05, 3.63) is 130 Å². The largest absolute Gasteiger partial charge is 0.490 e. The third-order valence-electron chi connectivity index (χ3n) is 6.57. The summed E-state index contributed by atoms with van der Waals surface area (Å²) in [6, 6.07) is 28.5. The van der Waals surface area contributed by atoms with Crippen LogP contribution in [0.3, 0.4) is 0 Å². The molecule has 3 aromatic carbocycles. The van der Waals surface area contributed by atoms with Crippen molar-refractivity contribution in [3.63, 3.8) is 0 Å². The molecule has 0 fully saturated rings. The second kappa shape index (κ2) is 13.8. The highest BCUT2D eigenvalue weighted by Gasteiger charge is 2.14. The SMILES string of the molecule is CCOc1cc(/C=N/NC(=O)c2ccc(COc3ccc(-n4c(C)ccc4C)cc3)o2)cc(Cl)c1OCc1ccccc1. The lowest BCUT2D eigenvalue weighted by Crippen LogP contribution is -2.16. The fraction of sp³-hybridized carbons (Fsp3) is 0.176. The van der Waals surface area contributed by atoms with E-state index in [-0.39, 0.29) is 12.4 Å². The van der Waals surface area contributed by atoms with Crippen LogP contribution in [0, 0.1) is 13.8 Å². The highest BCUT2D eigenvalue weighted by molar-refractivity contribution is 6.32. The van der Waals surface area contributed by atoms with Gasteiger partial charge in [-0.3, -0.25) is 4.79 Å². The zero-order valence-corrected chi connectivity index (χ0v) is 24.9. The highest BCUT2D eigenvalue weighted by Crippen LogP contribution is 2.37. The van der Waals surface area contributed by atoms with Crippen LogP contribution in [0.4, 0.5) is 0 Å². The predicted molar refractivity (Wildman–Crippen MR) is 167 cm³/mol. The Morgan fingerprint density at radius 3 is 2.37 bits per heavy atom. The van der Waals surface area contributed by atoms with Crippen molar-refractivity contribution in [2.24, 2.45) is 5.10 Å². The average Bonchev–Trinajstić information content (AvgIpc) is 3.62. The molecule has 0 saturated heterocycles. The van der Waals surface area contributed by atoms with E-state index in [1.54, 1.807) is 24.3 Å². The molecule has 0 aliphatic rings. The number of halogens is 1. The molecule has 0 radical (unpaired) electrons. The molecule has 5 rings (SSSR count). The van der Waals surface area contributed by atoms with Crippen LogP contribution in [0.2, 0.25) is 5.02 Å². The molecule has 0 aliphatic carbocycles. The van der Waals surface area contributed by atoms with Gasteiger partial charge in [-0.05, 0) is 92.6 Å². The standard InChI is InChI=1S/C34H32ClN3O5/c1-4-40-32-19-26(18-30(35)33(32)42-21-25-8-6-5-7-9-25)20-36-37-34(39)31-17-16-29(43-31)22-41-28-14-12-27(13-15-28)38-23(2)10-11-24(38)3/h5-20H,4,21-22H2,1-3H3,(H,37,39)/b36-20+. The van der Waals surface area contributed by atoms with Crippen LogP contribution in [0.1, 0.15) is 45.8 Å². The highest BCUT2D eigenvalue weighted by atomic mass is 35.5. The molecule has 2 aromatic heterocycles. The monoisotopic (exact) mass is 597 g/mol. The molecule has 9 heteroatoms. The number of hydrogen-bond acceptors (Lipinski definition) is 6. The zero-order valence-electron chi connectivity index (χ0n) is 24.2. The first-order valence-corrected chi connectivity index (χ1v) is 14.2. The van der Waals surface area contributed by atoms with Crippen molar-refractivity contribution in [3.8, 4) is 22.9 Å². The number of nitrogens with zero attached hydrogens (tertiary/aromatic N) is 2. The van der Waals surface area contributed by atoms with Gasteiger partial charge in [-0.25, -0.2) is 5.43 Å². The Balaban J connectivity index is 1.16. The number of benzene rings is 3. The van der Waals surface area contributed by atoms with Gasteiger partial charge < -0.3 is 23.2 Å². The first kappa shape index (κ1) is 29.5. The molecule has 5 aromatic rings. The van der Waals surface area contributed by atoms with Gasteiger partial charge in [-0.1, -0.05) is 41.9 Å². The fourth-order valence-corrected chi connectivity index (χ4v) is 4.79. The van der Waals surface area contributed by atoms with Crippen molar-refractivity contribution in [2.45, 2.75) is 34.0 Å². The lowest BCUT2D eigenvalue weighted by atomic mass is 10.2. The summed E-state index contributed by atoms with van der Waals surface area (Å²) in [6.45, 7) is 6.97. The number of aromatic nitrogens is 1. The molecular formula is C34H32ClN3O5. The maximum atomic E-state index is 12.6.